The Balaban J connectivity index is 1.67. The molecule has 0 atom stereocenters. The van der Waals surface area contributed by atoms with Crippen LogP contribution in [0.4, 0.5) is 11.5 Å². The number of anilines is 2. The van der Waals surface area contributed by atoms with E-state index >= 15 is 0 Å². The number of aryl methyl sites for hydroxylation is 1. The average molecular weight is 484 g/mol. The van der Waals surface area contributed by atoms with Crippen molar-refractivity contribution in [2.45, 2.75) is 39.2 Å². The van der Waals surface area contributed by atoms with Crippen LogP contribution in [-0.2, 0) is 25.5 Å². The number of carbonyl (C=O) groups is 1. The van der Waals surface area contributed by atoms with E-state index < -0.39 is 0 Å². The molecule has 0 fully saturated rings. The lowest BCUT2D eigenvalue weighted by Crippen LogP contribution is -2.23. The van der Waals surface area contributed by atoms with E-state index in [1.807, 2.05) is 42.5 Å². The number of rotatable bonds is 7. The van der Waals surface area contributed by atoms with Crippen molar-refractivity contribution < 1.29 is 9.90 Å². The second-order valence-electron chi connectivity index (χ2n) is 9.62. The third kappa shape index (κ3) is 5.39. The molecule has 36 heavy (non-hydrogen) atoms. The monoisotopic (exact) mass is 483 g/mol. The summed E-state index contributed by atoms with van der Waals surface area (Å²) in [5.41, 5.74) is 4.17. The van der Waals surface area contributed by atoms with Crippen LogP contribution < -0.4 is 10.9 Å². The van der Waals surface area contributed by atoms with Gasteiger partial charge in [0.25, 0.3) is 5.56 Å². The van der Waals surface area contributed by atoms with Crippen molar-refractivity contribution >= 4 is 17.3 Å². The quantitative estimate of drug-likeness (QED) is 0.379. The van der Waals surface area contributed by atoms with Gasteiger partial charge in [-0.2, -0.15) is 5.10 Å². The molecule has 0 saturated heterocycles. The Kier molecular flexibility index (Phi) is 7.07. The van der Waals surface area contributed by atoms with Gasteiger partial charge in [0.1, 0.15) is 17.8 Å². The van der Waals surface area contributed by atoms with Crippen LogP contribution in [-0.4, -0.2) is 30.6 Å². The fourth-order valence-corrected chi connectivity index (χ4v) is 3.99. The summed E-state index contributed by atoms with van der Waals surface area (Å²) in [6.45, 7) is 6.11. The molecule has 184 valence electrons. The van der Waals surface area contributed by atoms with Crippen molar-refractivity contribution in [3.63, 3.8) is 0 Å². The van der Waals surface area contributed by atoms with Crippen molar-refractivity contribution in [2.24, 2.45) is 7.05 Å². The fraction of sp³-hybridized carbons (Fsp3) is 0.250. The van der Waals surface area contributed by atoms with Crippen molar-refractivity contribution in [3.05, 3.63) is 99.7 Å². The van der Waals surface area contributed by atoms with E-state index in [2.05, 4.69) is 41.2 Å². The normalized spacial score (nSPS) is 11.4. The summed E-state index contributed by atoms with van der Waals surface area (Å²) in [5.74, 6) is 0.431. The Morgan fingerprint density at radius 3 is 2.47 bits per heavy atom. The Morgan fingerprint density at radius 1 is 1.08 bits per heavy atom. The molecule has 0 bridgehead atoms. The molecule has 4 aromatic rings. The largest absolute Gasteiger partial charge is 0.392 e. The van der Waals surface area contributed by atoms with Gasteiger partial charge in [-0.05, 0) is 34.2 Å². The van der Waals surface area contributed by atoms with Gasteiger partial charge >= 0.3 is 0 Å². The Hall–Kier alpha value is -4.17. The molecule has 0 spiro atoms. The lowest BCUT2D eigenvalue weighted by Gasteiger charge is -2.19. The minimum absolute atomic E-state index is 0.00389. The van der Waals surface area contributed by atoms with Crippen molar-refractivity contribution in [1.29, 1.82) is 0 Å². The lowest BCUT2D eigenvalue weighted by atomic mass is 9.86. The maximum atomic E-state index is 13.1. The summed E-state index contributed by atoms with van der Waals surface area (Å²) >= 11 is 0. The first-order valence-electron chi connectivity index (χ1n) is 11.6. The van der Waals surface area contributed by atoms with Gasteiger partial charge < -0.3 is 10.4 Å². The summed E-state index contributed by atoms with van der Waals surface area (Å²) in [6.07, 6.45) is 3.09. The molecular weight excluding hydrogens is 454 g/mol. The highest BCUT2D eigenvalue weighted by Crippen LogP contribution is 2.28. The molecule has 0 aliphatic rings. The van der Waals surface area contributed by atoms with Gasteiger partial charge in [0, 0.05) is 30.8 Å². The van der Waals surface area contributed by atoms with Crippen LogP contribution >= 0.6 is 0 Å². The second kappa shape index (κ2) is 10.2. The molecule has 0 aliphatic carbocycles. The number of carbonyl (C=O) groups excluding carboxylic acids is 1. The van der Waals surface area contributed by atoms with Crippen LogP contribution in [0.15, 0.2) is 71.9 Å². The predicted octanol–water partition coefficient (Wildman–Crippen LogP) is 4.20. The Morgan fingerprint density at radius 2 is 1.83 bits per heavy atom. The zero-order valence-corrected chi connectivity index (χ0v) is 20.8. The van der Waals surface area contributed by atoms with E-state index in [1.165, 1.54) is 11.0 Å². The van der Waals surface area contributed by atoms with Crippen LogP contribution in [0.3, 0.4) is 0 Å². The summed E-state index contributed by atoms with van der Waals surface area (Å²) in [5, 5.41) is 17.7. The maximum Gasteiger partial charge on any atom is 0.290 e. The maximum absolute atomic E-state index is 13.1. The smallest absolute Gasteiger partial charge is 0.290 e. The molecule has 8 nitrogen and oxygen atoms in total. The predicted molar refractivity (Wildman–Crippen MR) is 139 cm³/mol. The van der Waals surface area contributed by atoms with Gasteiger partial charge in [-0.25, -0.2) is 14.6 Å². The Labute approximate surface area is 209 Å². The molecule has 0 radical (unpaired) electrons. The Bertz CT molecular complexity index is 1440. The molecule has 0 amide bonds. The summed E-state index contributed by atoms with van der Waals surface area (Å²) in [6, 6.07) is 16.4. The van der Waals surface area contributed by atoms with Crippen LogP contribution in [0.2, 0.25) is 0 Å². The molecule has 2 N–H and O–H groups in total. The number of aliphatic hydroxyl groups is 1. The van der Waals surface area contributed by atoms with Crippen LogP contribution in [0.25, 0.3) is 11.3 Å². The number of aliphatic hydroxyl groups excluding tert-OH is 1. The SMILES string of the molecule is Cn1nc(-c2cccc(CC(=O)c3ccc(C(C)(C)C)cc3)c2CO)cc(Nc2ccncn2)c1=O. The van der Waals surface area contributed by atoms with Crippen molar-refractivity contribution in [2.75, 3.05) is 5.32 Å². The van der Waals surface area contributed by atoms with Gasteiger partial charge in [-0.3, -0.25) is 9.59 Å². The van der Waals surface area contributed by atoms with E-state index in [-0.39, 0.29) is 35.5 Å². The van der Waals surface area contributed by atoms with Crippen LogP contribution in [0.5, 0.6) is 0 Å². The summed E-state index contributed by atoms with van der Waals surface area (Å²) in [4.78, 5) is 33.7. The standard InChI is InChI=1S/C28H29N5O3/c1-28(2,3)20-10-8-18(9-11-20)25(35)14-19-6-5-7-21(22(19)16-34)23-15-24(27(36)33(4)32-23)31-26-12-13-29-17-30-26/h5-13,15,17,34H,14,16H2,1-4H3,(H,29,30,31). The van der Waals surface area contributed by atoms with Gasteiger partial charge in [-0.15, -0.1) is 0 Å². The van der Waals surface area contributed by atoms with Crippen molar-refractivity contribution in [1.82, 2.24) is 19.7 Å². The third-order valence-electron chi connectivity index (χ3n) is 6.04. The number of ketones is 1. The number of Topliss-reactive ketones (excluding diaryl/α,β-unsaturated/α-hetero) is 1. The van der Waals surface area contributed by atoms with Gasteiger partial charge in [0.15, 0.2) is 5.78 Å². The first-order valence-corrected chi connectivity index (χ1v) is 11.6. The number of benzene rings is 2. The zero-order valence-electron chi connectivity index (χ0n) is 20.8. The van der Waals surface area contributed by atoms with Gasteiger partial charge in [0.2, 0.25) is 0 Å². The number of nitrogens with one attached hydrogen (secondary N) is 1. The van der Waals surface area contributed by atoms with Crippen LogP contribution in [0, 0.1) is 0 Å². The number of aromatic nitrogens is 4. The minimum atomic E-state index is -0.326. The first kappa shape index (κ1) is 24.9. The van der Waals surface area contributed by atoms with Crippen LogP contribution in [0.1, 0.15) is 47.8 Å². The third-order valence-corrected chi connectivity index (χ3v) is 6.04. The van der Waals surface area contributed by atoms with E-state index in [0.717, 1.165) is 5.56 Å². The topological polar surface area (TPSA) is 110 Å². The summed E-state index contributed by atoms with van der Waals surface area (Å²) in [7, 11) is 1.56. The number of nitrogens with zero attached hydrogens (tertiary/aromatic N) is 4. The number of hydrogen-bond acceptors (Lipinski definition) is 7. The van der Waals surface area contributed by atoms with E-state index in [4.69, 9.17) is 0 Å². The fourth-order valence-electron chi connectivity index (χ4n) is 3.99. The second-order valence-corrected chi connectivity index (χ2v) is 9.62. The average Bonchev–Trinajstić information content (AvgIpc) is 2.86. The first-order chi connectivity index (χ1) is 17.2. The molecule has 4 rings (SSSR count). The molecule has 2 heterocycles. The molecule has 0 aliphatic heterocycles. The van der Waals surface area contributed by atoms with E-state index in [0.29, 0.717) is 33.8 Å². The molecule has 8 heteroatoms. The molecule has 0 unspecified atom stereocenters. The zero-order chi connectivity index (χ0) is 25.9. The lowest BCUT2D eigenvalue weighted by molar-refractivity contribution is 0.0992. The van der Waals surface area contributed by atoms with Gasteiger partial charge in [0.05, 0.1) is 12.3 Å². The van der Waals surface area contributed by atoms with E-state index in [9.17, 15) is 14.7 Å². The minimum Gasteiger partial charge on any atom is -0.392 e. The highest BCUT2D eigenvalue weighted by Gasteiger charge is 2.18. The molecule has 0 saturated carbocycles. The van der Waals surface area contributed by atoms with Gasteiger partial charge in [-0.1, -0.05) is 63.2 Å². The summed E-state index contributed by atoms with van der Waals surface area (Å²) < 4.78 is 1.23. The molecular formula is C28H29N5O3. The molecule has 2 aromatic carbocycles. The number of hydrogen-bond donors (Lipinski definition) is 2. The van der Waals surface area contributed by atoms with Crippen molar-refractivity contribution in [3.8, 4) is 11.3 Å². The highest BCUT2D eigenvalue weighted by molar-refractivity contribution is 5.98. The highest BCUT2D eigenvalue weighted by atomic mass is 16.3. The van der Waals surface area contributed by atoms with E-state index in [1.54, 1.807) is 25.4 Å². The molecule has 2 aromatic heterocycles.